The molecule has 102 valence electrons. The van der Waals surface area contributed by atoms with E-state index in [1.165, 1.54) is 0 Å². The first kappa shape index (κ1) is 16.4. The molecule has 0 aliphatic heterocycles. The summed E-state index contributed by atoms with van der Waals surface area (Å²) in [4.78, 5) is 22.2. The second-order valence-electron chi connectivity index (χ2n) is 4.68. The molecule has 4 heteroatoms. The van der Waals surface area contributed by atoms with E-state index in [4.69, 9.17) is 14.5 Å². The van der Waals surface area contributed by atoms with Crippen LogP contribution < -0.4 is 0 Å². The Morgan fingerprint density at radius 3 is 2.35 bits per heavy atom. The molecule has 0 aliphatic rings. The van der Waals surface area contributed by atoms with Gasteiger partial charge in [-0.05, 0) is 33.6 Å². The smallest absolute Gasteiger partial charge is 0.338 e. The minimum absolute atomic E-state index is 0.340. The Labute approximate surface area is 105 Å². The summed E-state index contributed by atoms with van der Waals surface area (Å²) in [5, 5.41) is 0. The van der Waals surface area contributed by atoms with Crippen LogP contribution in [-0.2, 0) is 19.3 Å². The summed E-state index contributed by atoms with van der Waals surface area (Å²) < 4.78 is 4.96. The Morgan fingerprint density at radius 1 is 1.24 bits per heavy atom. The van der Waals surface area contributed by atoms with Crippen LogP contribution in [0.3, 0.4) is 0 Å². The second-order valence-corrected chi connectivity index (χ2v) is 4.68. The second kappa shape index (κ2) is 8.48. The molecule has 0 amide bonds. The van der Waals surface area contributed by atoms with Gasteiger partial charge >= 0.3 is 5.97 Å². The maximum atomic E-state index is 11.6. The van der Waals surface area contributed by atoms with E-state index in [0.29, 0.717) is 13.0 Å². The predicted octanol–water partition coefficient (Wildman–Crippen LogP) is 3.25. The molecule has 4 nitrogen and oxygen atoms in total. The van der Waals surface area contributed by atoms with Gasteiger partial charge in [-0.3, -0.25) is 0 Å². The molecule has 0 aromatic rings. The number of rotatable bonds is 9. The minimum atomic E-state index is -0.610. The fourth-order valence-electron chi connectivity index (χ4n) is 1.08. The number of ether oxygens (including phenoxy) is 1. The lowest BCUT2D eigenvalue weighted by atomic mass is 10.1. The van der Waals surface area contributed by atoms with Gasteiger partial charge in [0.25, 0.3) is 0 Å². The highest BCUT2D eigenvalue weighted by atomic mass is 17.2. The highest BCUT2D eigenvalue weighted by Crippen LogP contribution is 2.17. The van der Waals surface area contributed by atoms with Gasteiger partial charge in [-0.2, -0.15) is 0 Å². The van der Waals surface area contributed by atoms with Crippen LogP contribution in [0.1, 0.15) is 60.3 Å². The Bertz CT molecular complexity index is 213. The van der Waals surface area contributed by atoms with Gasteiger partial charge in [-0.1, -0.05) is 26.7 Å². The zero-order chi connectivity index (χ0) is 13.3. The van der Waals surface area contributed by atoms with Crippen molar-refractivity contribution in [2.45, 2.75) is 72.0 Å². The maximum absolute atomic E-state index is 11.6. The molecule has 0 fully saturated rings. The van der Waals surface area contributed by atoms with Crippen LogP contribution in [0.5, 0.6) is 0 Å². The first-order valence-corrected chi connectivity index (χ1v) is 6.48. The van der Waals surface area contributed by atoms with E-state index in [-0.39, 0.29) is 11.6 Å². The lowest BCUT2D eigenvalue weighted by molar-refractivity contribution is -0.373. The van der Waals surface area contributed by atoms with Crippen LogP contribution in [0.15, 0.2) is 0 Å². The third-order valence-electron chi connectivity index (χ3n) is 2.61. The standard InChI is InChI=1S/C13H26O4/c1-6-9-10-11(12(14)15-8-3)16-17-13(4,5)7-2/h11H,6-10H2,1-5H3. The molecule has 0 radical (unpaired) electrons. The quantitative estimate of drug-likeness (QED) is 0.356. The molecule has 0 spiro atoms. The average Bonchev–Trinajstić information content (AvgIpc) is 2.29. The molecule has 0 N–H and O–H groups in total. The summed E-state index contributed by atoms with van der Waals surface area (Å²) in [5.41, 5.74) is -0.378. The van der Waals surface area contributed by atoms with Gasteiger partial charge in [0.15, 0.2) is 6.10 Å². The number of carbonyl (C=O) groups excluding carboxylic acids is 1. The van der Waals surface area contributed by atoms with Crippen molar-refractivity contribution >= 4 is 5.97 Å². The van der Waals surface area contributed by atoms with Gasteiger partial charge in [-0.25, -0.2) is 14.6 Å². The summed E-state index contributed by atoms with van der Waals surface area (Å²) in [7, 11) is 0. The van der Waals surface area contributed by atoms with Crippen molar-refractivity contribution in [3.63, 3.8) is 0 Å². The van der Waals surface area contributed by atoms with E-state index < -0.39 is 6.10 Å². The first-order chi connectivity index (χ1) is 7.96. The van der Waals surface area contributed by atoms with E-state index in [2.05, 4.69) is 6.92 Å². The van der Waals surface area contributed by atoms with Crippen LogP contribution in [0.25, 0.3) is 0 Å². The minimum Gasteiger partial charge on any atom is -0.464 e. The van der Waals surface area contributed by atoms with E-state index in [1.54, 1.807) is 6.92 Å². The molecule has 0 bridgehead atoms. The largest absolute Gasteiger partial charge is 0.464 e. The van der Waals surface area contributed by atoms with Crippen molar-refractivity contribution in [2.75, 3.05) is 6.61 Å². The molecule has 0 aromatic carbocycles. The topological polar surface area (TPSA) is 44.8 Å². The summed E-state index contributed by atoms with van der Waals surface area (Å²) >= 11 is 0. The zero-order valence-electron chi connectivity index (χ0n) is 11.7. The van der Waals surface area contributed by atoms with E-state index in [9.17, 15) is 4.79 Å². The lowest BCUT2D eigenvalue weighted by Gasteiger charge is -2.24. The monoisotopic (exact) mass is 246 g/mol. The van der Waals surface area contributed by atoms with Crippen molar-refractivity contribution < 1.29 is 19.3 Å². The van der Waals surface area contributed by atoms with Gasteiger partial charge in [0.05, 0.1) is 12.2 Å². The van der Waals surface area contributed by atoms with Crippen molar-refractivity contribution in [2.24, 2.45) is 0 Å². The highest BCUT2D eigenvalue weighted by molar-refractivity contribution is 5.74. The van der Waals surface area contributed by atoms with Crippen molar-refractivity contribution in [3.8, 4) is 0 Å². The van der Waals surface area contributed by atoms with Gasteiger partial charge < -0.3 is 4.74 Å². The summed E-state index contributed by atoms with van der Waals surface area (Å²) in [6, 6.07) is 0. The third-order valence-corrected chi connectivity index (χ3v) is 2.61. The highest BCUT2D eigenvalue weighted by Gasteiger charge is 2.25. The van der Waals surface area contributed by atoms with Crippen molar-refractivity contribution in [1.29, 1.82) is 0 Å². The molecule has 0 aromatic heterocycles. The number of hydrogen-bond donors (Lipinski definition) is 0. The molecule has 1 atom stereocenters. The molecule has 17 heavy (non-hydrogen) atoms. The summed E-state index contributed by atoms with van der Waals surface area (Å²) in [6.07, 6.45) is 2.77. The average molecular weight is 246 g/mol. The third kappa shape index (κ3) is 7.34. The molecule has 0 saturated carbocycles. The van der Waals surface area contributed by atoms with Gasteiger partial charge in [-0.15, -0.1) is 0 Å². The Balaban J connectivity index is 4.23. The Kier molecular flexibility index (Phi) is 8.17. The zero-order valence-corrected chi connectivity index (χ0v) is 11.7. The van der Waals surface area contributed by atoms with E-state index in [0.717, 1.165) is 19.3 Å². The SMILES string of the molecule is CCCCC(OOC(C)(C)CC)C(=O)OCC. The Morgan fingerprint density at radius 2 is 1.88 bits per heavy atom. The van der Waals surface area contributed by atoms with Crippen LogP contribution >= 0.6 is 0 Å². The maximum Gasteiger partial charge on any atom is 0.338 e. The lowest BCUT2D eigenvalue weighted by Crippen LogP contribution is -2.32. The van der Waals surface area contributed by atoms with Gasteiger partial charge in [0.2, 0.25) is 0 Å². The number of esters is 1. The molecular formula is C13H26O4. The molecule has 1 unspecified atom stereocenters. The molecular weight excluding hydrogens is 220 g/mol. The van der Waals surface area contributed by atoms with Crippen LogP contribution in [-0.4, -0.2) is 24.3 Å². The van der Waals surface area contributed by atoms with E-state index in [1.807, 2.05) is 20.8 Å². The first-order valence-electron chi connectivity index (χ1n) is 6.48. The molecule has 0 rings (SSSR count). The van der Waals surface area contributed by atoms with E-state index >= 15 is 0 Å². The molecule has 0 saturated heterocycles. The fraction of sp³-hybridized carbons (Fsp3) is 0.923. The number of unbranched alkanes of at least 4 members (excludes halogenated alkanes) is 1. The molecule has 0 heterocycles. The summed E-state index contributed by atoms with van der Waals surface area (Å²) in [6.45, 7) is 10.1. The number of carbonyl (C=O) groups is 1. The van der Waals surface area contributed by atoms with Gasteiger partial charge in [0.1, 0.15) is 0 Å². The van der Waals surface area contributed by atoms with Crippen molar-refractivity contribution in [3.05, 3.63) is 0 Å². The summed E-state index contributed by atoms with van der Waals surface area (Å²) in [5.74, 6) is -0.340. The molecule has 0 aliphatic carbocycles. The van der Waals surface area contributed by atoms with Gasteiger partial charge in [0, 0.05) is 0 Å². The van der Waals surface area contributed by atoms with Crippen LogP contribution in [0.4, 0.5) is 0 Å². The normalized spacial score (nSPS) is 13.5. The van der Waals surface area contributed by atoms with Crippen LogP contribution in [0, 0.1) is 0 Å². The van der Waals surface area contributed by atoms with Crippen LogP contribution in [0.2, 0.25) is 0 Å². The Hall–Kier alpha value is -0.610. The number of hydrogen-bond acceptors (Lipinski definition) is 4. The van der Waals surface area contributed by atoms with Crippen molar-refractivity contribution in [1.82, 2.24) is 0 Å². The predicted molar refractivity (Wildman–Crippen MR) is 66.5 cm³/mol. The fourth-order valence-corrected chi connectivity index (χ4v) is 1.08.